The maximum absolute atomic E-state index is 13.5. The molecule has 2 aliphatic rings. The van der Waals surface area contributed by atoms with Crippen molar-refractivity contribution in [2.24, 2.45) is 17.1 Å². The second-order valence-corrected chi connectivity index (χ2v) is 10.4. The first kappa shape index (κ1) is 30.0. The minimum Gasteiger partial charge on any atom is -0.391 e. The Bertz CT molecular complexity index is 939. The molecule has 3 rings (SSSR count). The summed E-state index contributed by atoms with van der Waals surface area (Å²) in [4.78, 5) is 30.9. The van der Waals surface area contributed by atoms with Gasteiger partial charge in [0.25, 0.3) is 0 Å². The molecule has 1 aromatic carbocycles. The Morgan fingerprint density at radius 2 is 1.84 bits per heavy atom. The number of rotatable bonds is 15. The van der Waals surface area contributed by atoms with Gasteiger partial charge in [0.15, 0.2) is 0 Å². The molecule has 1 unspecified atom stereocenters. The Morgan fingerprint density at radius 3 is 2.47 bits per heavy atom. The van der Waals surface area contributed by atoms with Gasteiger partial charge in [0.05, 0.1) is 24.7 Å². The number of amides is 2. The zero-order valence-electron chi connectivity index (χ0n) is 23.1. The van der Waals surface area contributed by atoms with Crippen molar-refractivity contribution in [3.63, 3.8) is 0 Å². The molecule has 0 radical (unpaired) electrons. The molecule has 1 aliphatic heterocycles. The number of benzene rings is 1. The van der Waals surface area contributed by atoms with Gasteiger partial charge in [-0.1, -0.05) is 62.4 Å². The number of nitrogens with one attached hydrogen (secondary N) is 1. The van der Waals surface area contributed by atoms with Gasteiger partial charge < -0.3 is 25.8 Å². The van der Waals surface area contributed by atoms with Crippen LogP contribution in [0.5, 0.6) is 0 Å². The molecule has 1 aliphatic carbocycles. The molecule has 4 N–H and O–H groups in total. The van der Waals surface area contributed by atoms with E-state index in [0.717, 1.165) is 57.8 Å². The molecule has 8 nitrogen and oxygen atoms in total. The predicted octanol–water partition coefficient (Wildman–Crippen LogP) is 2.13. The molecule has 1 fully saturated rings. The molecular formula is C30H46N4O4. The minimum absolute atomic E-state index is 0.0553. The fraction of sp³-hybridized carbons (Fsp3) is 0.600. The monoisotopic (exact) mass is 526 g/mol. The van der Waals surface area contributed by atoms with Crippen molar-refractivity contribution in [2.75, 3.05) is 59.0 Å². The van der Waals surface area contributed by atoms with E-state index < -0.39 is 23.3 Å². The fourth-order valence-electron chi connectivity index (χ4n) is 5.56. The zero-order valence-corrected chi connectivity index (χ0v) is 23.1. The highest BCUT2D eigenvalue weighted by Crippen LogP contribution is 2.43. The number of nitrogens with two attached hydrogens (primary N) is 1. The lowest BCUT2D eigenvalue weighted by molar-refractivity contribution is -0.132. The van der Waals surface area contributed by atoms with E-state index in [2.05, 4.69) is 24.1 Å². The van der Waals surface area contributed by atoms with Crippen molar-refractivity contribution in [3.05, 3.63) is 59.7 Å². The van der Waals surface area contributed by atoms with Crippen LogP contribution in [0.25, 0.3) is 0 Å². The molecule has 2 amide bonds. The summed E-state index contributed by atoms with van der Waals surface area (Å²) < 4.78 is 5.42. The lowest BCUT2D eigenvalue weighted by Crippen LogP contribution is -2.52. The Kier molecular flexibility index (Phi) is 12.0. The molecule has 38 heavy (non-hydrogen) atoms. The summed E-state index contributed by atoms with van der Waals surface area (Å²) >= 11 is 0. The normalized spacial score (nSPS) is 21.5. The van der Waals surface area contributed by atoms with Gasteiger partial charge in [-0.25, -0.2) is 0 Å². The van der Waals surface area contributed by atoms with Gasteiger partial charge in [0, 0.05) is 57.3 Å². The summed E-state index contributed by atoms with van der Waals surface area (Å²) in [7, 11) is 0. The van der Waals surface area contributed by atoms with Crippen LogP contribution in [0.2, 0.25) is 0 Å². The van der Waals surface area contributed by atoms with Crippen LogP contribution in [0.4, 0.5) is 0 Å². The largest absolute Gasteiger partial charge is 0.391 e. The highest BCUT2D eigenvalue weighted by Gasteiger charge is 2.47. The Hall–Kier alpha value is -2.52. The van der Waals surface area contributed by atoms with E-state index in [-0.39, 0.29) is 12.3 Å². The van der Waals surface area contributed by atoms with Crippen molar-refractivity contribution in [1.29, 1.82) is 0 Å². The van der Waals surface area contributed by atoms with Crippen molar-refractivity contribution in [3.8, 4) is 0 Å². The average Bonchev–Trinajstić information content (AvgIpc) is 2.94. The topological polar surface area (TPSA) is 108 Å². The van der Waals surface area contributed by atoms with Gasteiger partial charge in [-0.3, -0.25) is 14.5 Å². The van der Waals surface area contributed by atoms with Crippen molar-refractivity contribution in [1.82, 2.24) is 15.1 Å². The van der Waals surface area contributed by atoms with E-state index in [9.17, 15) is 14.7 Å². The number of aliphatic hydroxyl groups is 1. The molecule has 3 atom stereocenters. The quantitative estimate of drug-likeness (QED) is 0.302. The number of nitrogens with zero attached hydrogens (tertiary/aromatic N) is 2. The second-order valence-electron chi connectivity index (χ2n) is 10.4. The molecule has 1 saturated heterocycles. The van der Waals surface area contributed by atoms with Crippen LogP contribution in [0.3, 0.4) is 0 Å². The summed E-state index contributed by atoms with van der Waals surface area (Å²) in [5, 5.41) is 14.9. The van der Waals surface area contributed by atoms with Crippen molar-refractivity contribution >= 4 is 11.8 Å². The predicted molar refractivity (Wildman–Crippen MR) is 150 cm³/mol. The van der Waals surface area contributed by atoms with Crippen LogP contribution < -0.4 is 11.1 Å². The van der Waals surface area contributed by atoms with Crippen molar-refractivity contribution in [2.45, 2.75) is 45.6 Å². The molecule has 1 aromatic rings. The Morgan fingerprint density at radius 1 is 1.16 bits per heavy atom. The summed E-state index contributed by atoms with van der Waals surface area (Å²) in [6.45, 7) is 10.7. The lowest BCUT2D eigenvalue weighted by atomic mass is 9.64. The molecule has 210 valence electrons. The van der Waals surface area contributed by atoms with Gasteiger partial charge in [-0.05, 0) is 31.2 Å². The highest BCUT2D eigenvalue weighted by molar-refractivity contribution is 5.96. The van der Waals surface area contributed by atoms with Crippen LogP contribution in [-0.2, 0) is 20.7 Å². The van der Waals surface area contributed by atoms with E-state index >= 15 is 0 Å². The van der Waals surface area contributed by atoms with Crippen LogP contribution in [0.1, 0.15) is 38.7 Å². The van der Waals surface area contributed by atoms with E-state index in [4.69, 9.17) is 10.5 Å². The lowest BCUT2D eigenvalue weighted by Gasteiger charge is -2.41. The summed E-state index contributed by atoms with van der Waals surface area (Å²) in [6, 6.07) is 9.85. The molecule has 1 heterocycles. The first-order chi connectivity index (χ1) is 18.4. The minimum atomic E-state index is -1.18. The molecule has 0 spiro atoms. The first-order valence-corrected chi connectivity index (χ1v) is 14.1. The first-order valence-electron chi connectivity index (χ1n) is 14.1. The number of morpholine rings is 1. The van der Waals surface area contributed by atoms with E-state index in [1.165, 1.54) is 0 Å². The van der Waals surface area contributed by atoms with E-state index in [1.54, 1.807) is 18.2 Å². The molecule has 0 saturated carbocycles. The number of primary amides is 1. The van der Waals surface area contributed by atoms with Gasteiger partial charge in [-0.15, -0.1) is 0 Å². The smallest absolute Gasteiger partial charge is 0.249 e. The molecule has 8 heteroatoms. The molecule has 0 bridgehead atoms. The third kappa shape index (κ3) is 7.99. The van der Waals surface area contributed by atoms with E-state index in [0.29, 0.717) is 31.6 Å². The maximum atomic E-state index is 13.5. The summed E-state index contributed by atoms with van der Waals surface area (Å²) in [5.74, 6) is -1.07. The third-order valence-electron chi connectivity index (χ3n) is 7.67. The number of allylic oxidation sites excluding steroid dienone is 2. The molecule has 0 aromatic heterocycles. The average molecular weight is 527 g/mol. The van der Waals surface area contributed by atoms with Gasteiger partial charge in [-0.2, -0.15) is 0 Å². The number of ether oxygens (including phenoxy) is 1. The Labute approximate surface area is 227 Å². The van der Waals surface area contributed by atoms with E-state index in [1.807, 2.05) is 35.2 Å². The van der Waals surface area contributed by atoms with Crippen LogP contribution in [0, 0.1) is 11.3 Å². The summed E-state index contributed by atoms with van der Waals surface area (Å²) in [5.41, 5.74) is 6.52. The Balaban J connectivity index is 1.79. The summed E-state index contributed by atoms with van der Waals surface area (Å²) in [6.07, 6.45) is 6.92. The number of hydrogen-bond donors (Lipinski definition) is 3. The number of aliphatic hydroxyl groups excluding tert-OH is 1. The van der Waals surface area contributed by atoms with Gasteiger partial charge in [0.2, 0.25) is 11.8 Å². The van der Waals surface area contributed by atoms with Gasteiger partial charge in [0.1, 0.15) is 0 Å². The SMILES string of the molecule is CCCN(CCC)C(=O)C1=CC=CC(C(N)=O)([C@H](Cc2ccccc2)[C@@H](O)CNCCN2CCOCC2)C1. The maximum Gasteiger partial charge on any atom is 0.249 e. The highest BCUT2D eigenvalue weighted by atomic mass is 16.5. The standard InChI is InChI=1S/C30H46N4O4/c1-3-14-34(15-4-2)28(36)25-11-8-12-30(22-25,29(31)37)26(21-24-9-6-5-7-10-24)27(35)23-32-13-16-33-17-19-38-20-18-33/h5-12,26-27,32,35H,3-4,13-23H2,1-2H3,(H2,31,37)/t26-,27+,30?/m1/s1. The second kappa shape index (κ2) is 15.2. The molecular weight excluding hydrogens is 480 g/mol. The van der Waals surface area contributed by atoms with Gasteiger partial charge >= 0.3 is 0 Å². The number of carbonyl (C=O) groups is 2. The van der Waals surface area contributed by atoms with Crippen LogP contribution >= 0.6 is 0 Å². The van der Waals surface area contributed by atoms with Crippen molar-refractivity contribution < 1.29 is 19.4 Å². The number of hydrogen-bond acceptors (Lipinski definition) is 6. The fourth-order valence-corrected chi connectivity index (χ4v) is 5.56. The third-order valence-corrected chi connectivity index (χ3v) is 7.67. The van der Waals surface area contributed by atoms with Crippen LogP contribution in [0.15, 0.2) is 54.1 Å². The number of carbonyl (C=O) groups excluding carboxylic acids is 2. The zero-order chi connectivity index (χ0) is 27.4. The van der Waals surface area contributed by atoms with Crippen LogP contribution in [-0.4, -0.2) is 91.9 Å².